The number of ether oxygens (including phenoxy) is 1. The number of fused-ring (bicyclic) bond motifs is 1. The van der Waals surface area contributed by atoms with Gasteiger partial charge in [-0.3, -0.25) is 4.79 Å². The van der Waals surface area contributed by atoms with Crippen LogP contribution in [-0.2, 0) is 13.2 Å². The fourth-order valence-corrected chi connectivity index (χ4v) is 7.09. The molecule has 5 aromatic carbocycles. The smallest absolute Gasteiger partial charge is 0.335 e. The number of rotatable bonds is 10. The number of hydrogen-bond acceptors (Lipinski definition) is 4. The average molecular weight is 739 g/mol. The highest BCUT2D eigenvalue weighted by molar-refractivity contribution is 6.30. The van der Waals surface area contributed by atoms with Crippen molar-refractivity contribution in [2.75, 3.05) is 7.05 Å². The zero-order chi connectivity index (χ0) is 35.5. The minimum atomic E-state index is -1.04. The monoisotopic (exact) mass is 737 g/mol. The maximum absolute atomic E-state index is 16.1. The molecule has 1 heterocycles. The minimum absolute atomic E-state index is 0. The lowest BCUT2D eigenvalue weighted by atomic mass is 9.94. The number of aromatic nitrogens is 2. The van der Waals surface area contributed by atoms with Gasteiger partial charge in [-0.05, 0) is 89.7 Å². The number of halogens is 3. The summed E-state index contributed by atoms with van der Waals surface area (Å²) in [6.07, 6.45) is 5.19. The van der Waals surface area contributed by atoms with E-state index >= 15 is 4.39 Å². The lowest BCUT2D eigenvalue weighted by molar-refractivity contribution is 0.0696. The molecule has 1 fully saturated rings. The molecule has 1 aliphatic carbocycles. The van der Waals surface area contributed by atoms with Gasteiger partial charge in [0, 0.05) is 36.3 Å². The molecule has 0 atom stereocenters. The molecule has 0 radical (unpaired) electrons. The largest absolute Gasteiger partial charge is 0.489 e. The van der Waals surface area contributed by atoms with Gasteiger partial charge in [0.1, 0.15) is 24.0 Å². The van der Waals surface area contributed by atoms with Crippen LogP contribution in [0.15, 0.2) is 109 Å². The van der Waals surface area contributed by atoms with Crippen LogP contribution in [0.2, 0.25) is 5.02 Å². The van der Waals surface area contributed by atoms with Gasteiger partial charge in [0.2, 0.25) is 0 Å². The molecule has 7 rings (SSSR count). The molecule has 1 aliphatic rings. The Hall–Kier alpha value is -5.18. The lowest BCUT2D eigenvalue weighted by Gasteiger charge is -2.25. The first kappa shape index (κ1) is 36.6. The maximum Gasteiger partial charge on any atom is 0.335 e. The summed E-state index contributed by atoms with van der Waals surface area (Å²) in [7, 11) is 1.77. The molecule has 266 valence electrons. The van der Waals surface area contributed by atoms with Crippen molar-refractivity contribution in [3.8, 4) is 28.3 Å². The summed E-state index contributed by atoms with van der Waals surface area (Å²) in [5.74, 6) is -0.868. The molecule has 1 aromatic heterocycles. The van der Waals surface area contributed by atoms with Crippen LogP contribution in [-0.4, -0.2) is 38.5 Å². The number of benzene rings is 5. The summed E-state index contributed by atoms with van der Waals surface area (Å²) in [4.78, 5) is 31.7. The summed E-state index contributed by atoms with van der Waals surface area (Å²) < 4.78 is 24.4. The number of nitrogens with zero attached hydrogens (tertiary/aromatic N) is 3. The predicted molar refractivity (Wildman–Crippen MR) is 205 cm³/mol. The highest BCUT2D eigenvalue weighted by atomic mass is 35.5. The van der Waals surface area contributed by atoms with Gasteiger partial charge in [-0.25, -0.2) is 14.2 Å². The maximum atomic E-state index is 16.1. The van der Waals surface area contributed by atoms with Crippen molar-refractivity contribution >= 4 is 46.9 Å². The molecule has 1 N–H and O–H groups in total. The van der Waals surface area contributed by atoms with Crippen molar-refractivity contribution < 1.29 is 23.8 Å². The summed E-state index contributed by atoms with van der Waals surface area (Å²) in [6, 6.07) is 32.6. The molecule has 0 bridgehead atoms. The molecule has 0 aliphatic heterocycles. The van der Waals surface area contributed by atoms with E-state index < -0.39 is 11.8 Å². The molecule has 0 spiro atoms. The molecule has 6 aromatic rings. The number of imidazole rings is 1. The van der Waals surface area contributed by atoms with E-state index in [0.717, 1.165) is 59.9 Å². The van der Waals surface area contributed by atoms with Crippen LogP contribution < -0.4 is 4.74 Å². The zero-order valence-corrected chi connectivity index (χ0v) is 30.2. The first-order valence-corrected chi connectivity index (χ1v) is 17.5. The second kappa shape index (κ2) is 16.0. The van der Waals surface area contributed by atoms with Crippen LogP contribution in [0.4, 0.5) is 4.39 Å². The molecule has 1 amide bonds. The van der Waals surface area contributed by atoms with Gasteiger partial charge in [-0.1, -0.05) is 79.4 Å². The third-order valence-corrected chi connectivity index (χ3v) is 9.82. The molecule has 7 nitrogen and oxygen atoms in total. The normalized spacial score (nSPS) is 13.1. The van der Waals surface area contributed by atoms with Gasteiger partial charge >= 0.3 is 5.97 Å². The molecule has 10 heteroatoms. The third-order valence-electron chi connectivity index (χ3n) is 9.57. The standard InChI is InChI=1S/C42H37ClFN3O4.ClH/c1-46(25-27-8-4-2-5-9-27)41(48)29-14-19-35(28-12-16-32(43)17-13-28)31(22-29)26-51-34-18-20-36(37(44)24-34)40-45-38-23-30(42(49)50)15-21-39(38)47(40)33-10-6-3-7-11-33;/h2,4-5,8-9,12-24,33H,3,6-7,10-11,25-26H2,1H3,(H,49,50);1H. The first-order chi connectivity index (χ1) is 24.7. The Bertz CT molecular complexity index is 2220. The van der Waals surface area contributed by atoms with Gasteiger partial charge in [0.25, 0.3) is 5.91 Å². The summed E-state index contributed by atoms with van der Waals surface area (Å²) in [5, 5.41) is 10.2. The fraction of sp³-hybridized carbons (Fsp3) is 0.214. The van der Waals surface area contributed by atoms with Gasteiger partial charge < -0.3 is 19.3 Å². The third kappa shape index (κ3) is 7.83. The van der Waals surface area contributed by atoms with Crippen LogP contribution in [0.1, 0.15) is 70.0 Å². The number of carbonyl (C=O) groups is 2. The number of carboxylic acids is 1. The number of hydrogen-bond donors (Lipinski definition) is 1. The Kier molecular flexibility index (Phi) is 11.3. The van der Waals surface area contributed by atoms with E-state index in [9.17, 15) is 14.7 Å². The van der Waals surface area contributed by atoms with Gasteiger partial charge in [0.05, 0.1) is 22.2 Å². The van der Waals surface area contributed by atoms with E-state index in [2.05, 4.69) is 4.57 Å². The Labute approximate surface area is 313 Å². The fourth-order valence-electron chi connectivity index (χ4n) is 6.97. The molecular weight excluding hydrogens is 700 g/mol. The quantitative estimate of drug-likeness (QED) is 0.151. The molecule has 52 heavy (non-hydrogen) atoms. The Morgan fingerprint density at radius 2 is 1.60 bits per heavy atom. The van der Waals surface area contributed by atoms with Crippen molar-refractivity contribution in [2.45, 2.75) is 51.3 Å². The average Bonchev–Trinajstić information content (AvgIpc) is 3.53. The Morgan fingerprint density at radius 1 is 0.885 bits per heavy atom. The Balaban J connectivity index is 0.00000464. The number of carboxylic acid groups (broad SMARTS) is 1. The van der Waals surface area contributed by atoms with E-state index in [4.69, 9.17) is 21.3 Å². The van der Waals surface area contributed by atoms with Crippen LogP contribution in [0.5, 0.6) is 5.75 Å². The highest BCUT2D eigenvalue weighted by Crippen LogP contribution is 2.38. The van der Waals surface area contributed by atoms with Crippen LogP contribution in [0.3, 0.4) is 0 Å². The zero-order valence-electron chi connectivity index (χ0n) is 28.6. The number of amides is 1. The van der Waals surface area contributed by atoms with Gasteiger partial charge in [0.15, 0.2) is 0 Å². The first-order valence-electron chi connectivity index (χ1n) is 17.1. The number of carbonyl (C=O) groups excluding carboxylic acids is 1. The van der Waals surface area contributed by atoms with Crippen molar-refractivity contribution in [2.24, 2.45) is 0 Å². The highest BCUT2D eigenvalue weighted by Gasteiger charge is 2.25. The van der Waals surface area contributed by atoms with Crippen LogP contribution in [0, 0.1) is 5.82 Å². The Morgan fingerprint density at radius 3 is 2.31 bits per heavy atom. The number of aromatic carboxylic acids is 1. The van der Waals surface area contributed by atoms with Crippen LogP contribution in [0.25, 0.3) is 33.5 Å². The predicted octanol–water partition coefficient (Wildman–Crippen LogP) is 10.6. The molecule has 0 unspecified atom stereocenters. The van der Waals surface area contributed by atoms with Crippen molar-refractivity contribution in [3.05, 3.63) is 142 Å². The summed E-state index contributed by atoms with van der Waals surface area (Å²) in [6.45, 7) is 0.546. The van der Waals surface area contributed by atoms with Gasteiger partial charge in [-0.2, -0.15) is 0 Å². The van der Waals surface area contributed by atoms with E-state index in [0.29, 0.717) is 39.8 Å². The van der Waals surface area contributed by atoms with Crippen molar-refractivity contribution in [1.29, 1.82) is 0 Å². The van der Waals surface area contributed by atoms with Crippen molar-refractivity contribution in [3.63, 3.8) is 0 Å². The van der Waals surface area contributed by atoms with Gasteiger partial charge in [-0.15, -0.1) is 12.4 Å². The minimum Gasteiger partial charge on any atom is -0.489 e. The van der Waals surface area contributed by atoms with E-state index in [-0.39, 0.29) is 36.5 Å². The molecule has 0 saturated heterocycles. The lowest BCUT2D eigenvalue weighted by Crippen LogP contribution is -2.26. The van der Waals surface area contributed by atoms with E-state index in [1.165, 1.54) is 6.07 Å². The van der Waals surface area contributed by atoms with Crippen LogP contribution >= 0.6 is 24.0 Å². The summed E-state index contributed by atoms with van der Waals surface area (Å²) in [5.41, 5.74) is 5.84. The second-order valence-corrected chi connectivity index (χ2v) is 13.5. The SMILES string of the molecule is CN(Cc1ccccc1)C(=O)c1ccc(-c2ccc(Cl)cc2)c(COc2ccc(-c3nc4cc(C(=O)O)ccc4n3C3CCCCC3)c(F)c2)c1.Cl. The molecular formula is C42H38Cl2FN3O4. The van der Waals surface area contributed by atoms with E-state index in [1.807, 2.05) is 72.8 Å². The second-order valence-electron chi connectivity index (χ2n) is 13.1. The topological polar surface area (TPSA) is 84.7 Å². The van der Waals surface area contributed by atoms with Crippen molar-refractivity contribution in [1.82, 2.24) is 14.5 Å². The summed E-state index contributed by atoms with van der Waals surface area (Å²) >= 11 is 6.18. The molecule has 1 saturated carbocycles. The van der Waals surface area contributed by atoms with E-state index in [1.54, 1.807) is 42.3 Å².